The Labute approximate surface area is 73.8 Å². The molecule has 1 aliphatic rings. The fourth-order valence-electron chi connectivity index (χ4n) is 1.94. The molecular weight excluding hydrogens is 146 g/mol. The number of nitrogens with one attached hydrogen (secondary N) is 1. The zero-order chi connectivity index (χ0) is 8.39. The number of rotatable bonds is 2. The zero-order valence-corrected chi connectivity index (χ0v) is 7.46. The molecule has 0 saturated heterocycles. The number of hydrogen-bond donors (Lipinski definition) is 1. The van der Waals surface area contributed by atoms with Crippen LogP contribution in [0.3, 0.4) is 0 Å². The van der Waals surface area contributed by atoms with Gasteiger partial charge in [-0.25, -0.2) is 0 Å². The molecule has 12 heavy (non-hydrogen) atoms. The molecule has 2 rings (SSSR count). The van der Waals surface area contributed by atoms with Gasteiger partial charge in [-0.05, 0) is 31.4 Å². The molecule has 1 saturated carbocycles. The molecule has 2 atom stereocenters. The molecule has 1 aromatic rings. The Hall–Kier alpha value is -0.820. The van der Waals surface area contributed by atoms with Crippen LogP contribution in [-0.2, 0) is 0 Å². The van der Waals surface area contributed by atoms with Crippen molar-refractivity contribution < 1.29 is 0 Å². The lowest BCUT2D eigenvalue weighted by Crippen LogP contribution is -2.40. The largest absolute Gasteiger partial charge is 0.316 e. The van der Waals surface area contributed by atoms with Gasteiger partial charge in [0, 0.05) is 6.04 Å². The fourth-order valence-corrected chi connectivity index (χ4v) is 1.94. The quantitative estimate of drug-likeness (QED) is 0.700. The summed E-state index contributed by atoms with van der Waals surface area (Å²) in [6.07, 6.45) is 2.67. The van der Waals surface area contributed by atoms with Crippen molar-refractivity contribution in [2.45, 2.75) is 24.8 Å². The van der Waals surface area contributed by atoms with E-state index in [1.54, 1.807) is 0 Å². The molecule has 0 heterocycles. The summed E-state index contributed by atoms with van der Waals surface area (Å²) in [5.41, 5.74) is 1.49. The minimum absolute atomic E-state index is 0.715. The van der Waals surface area contributed by atoms with E-state index >= 15 is 0 Å². The monoisotopic (exact) mass is 161 g/mol. The minimum Gasteiger partial charge on any atom is -0.316 e. The van der Waals surface area contributed by atoms with Crippen LogP contribution in [0.2, 0.25) is 0 Å². The molecule has 0 bridgehead atoms. The average Bonchev–Trinajstić information content (AvgIpc) is 2.05. The molecule has 0 aliphatic heterocycles. The van der Waals surface area contributed by atoms with Gasteiger partial charge in [0.2, 0.25) is 0 Å². The summed E-state index contributed by atoms with van der Waals surface area (Å²) in [6, 6.07) is 11.5. The number of benzene rings is 1. The SMILES string of the molecule is CN[C@@H]1CC[C@H]1c1ccccc1. The van der Waals surface area contributed by atoms with Gasteiger partial charge >= 0.3 is 0 Å². The summed E-state index contributed by atoms with van der Waals surface area (Å²) >= 11 is 0. The van der Waals surface area contributed by atoms with Crippen molar-refractivity contribution in [1.29, 1.82) is 0 Å². The van der Waals surface area contributed by atoms with Gasteiger partial charge in [-0.2, -0.15) is 0 Å². The van der Waals surface area contributed by atoms with E-state index in [1.165, 1.54) is 18.4 Å². The van der Waals surface area contributed by atoms with Gasteiger partial charge in [0.05, 0.1) is 0 Å². The minimum atomic E-state index is 0.715. The molecule has 0 spiro atoms. The summed E-state index contributed by atoms with van der Waals surface area (Å²) in [7, 11) is 2.06. The third-order valence-electron chi connectivity index (χ3n) is 2.87. The van der Waals surface area contributed by atoms with Gasteiger partial charge in [-0.3, -0.25) is 0 Å². The van der Waals surface area contributed by atoms with Gasteiger partial charge in [-0.15, -0.1) is 0 Å². The Kier molecular flexibility index (Phi) is 2.13. The summed E-state index contributed by atoms with van der Waals surface area (Å²) in [4.78, 5) is 0. The molecular formula is C11H15N. The lowest BCUT2D eigenvalue weighted by molar-refractivity contribution is 0.300. The Bertz CT molecular complexity index is 240. The second-order valence-electron chi connectivity index (χ2n) is 3.49. The highest BCUT2D eigenvalue weighted by Crippen LogP contribution is 2.36. The summed E-state index contributed by atoms with van der Waals surface area (Å²) in [5, 5.41) is 3.35. The van der Waals surface area contributed by atoms with Gasteiger partial charge in [0.25, 0.3) is 0 Å². The first kappa shape index (κ1) is 7.81. The summed E-state index contributed by atoms with van der Waals surface area (Å²) in [6.45, 7) is 0. The first-order valence-electron chi connectivity index (χ1n) is 4.64. The highest BCUT2D eigenvalue weighted by atomic mass is 14.9. The van der Waals surface area contributed by atoms with Crippen LogP contribution in [0, 0.1) is 0 Å². The third-order valence-corrected chi connectivity index (χ3v) is 2.87. The van der Waals surface area contributed by atoms with E-state index in [-0.39, 0.29) is 0 Å². The van der Waals surface area contributed by atoms with Gasteiger partial charge in [-0.1, -0.05) is 30.3 Å². The molecule has 1 fully saturated rings. The van der Waals surface area contributed by atoms with Crippen LogP contribution in [0.5, 0.6) is 0 Å². The van der Waals surface area contributed by atoms with Gasteiger partial charge < -0.3 is 5.32 Å². The van der Waals surface area contributed by atoms with E-state index in [0.717, 1.165) is 5.92 Å². The highest BCUT2D eigenvalue weighted by molar-refractivity contribution is 5.23. The van der Waals surface area contributed by atoms with Crippen molar-refractivity contribution in [3.63, 3.8) is 0 Å². The van der Waals surface area contributed by atoms with E-state index in [1.807, 2.05) is 0 Å². The zero-order valence-electron chi connectivity index (χ0n) is 7.46. The molecule has 0 radical (unpaired) electrons. The highest BCUT2D eigenvalue weighted by Gasteiger charge is 2.30. The molecule has 1 aliphatic carbocycles. The lowest BCUT2D eigenvalue weighted by Gasteiger charge is -2.36. The summed E-state index contributed by atoms with van der Waals surface area (Å²) < 4.78 is 0. The number of likely N-dealkylation sites (N-methyl/N-ethyl adjacent to an activating group) is 1. The predicted molar refractivity (Wildman–Crippen MR) is 51.3 cm³/mol. The van der Waals surface area contributed by atoms with Crippen LogP contribution in [-0.4, -0.2) is 13.1 Å². The third kappa shape index (κ3) is 1.25. The molecule has 1 nitrogen and oxygen atoms in total. The van der Waals surface area contributed by atoms with E-state index in [0.29, 0.717) is 6.04 Å². The van der Waals surface area contributed by atoms with E-state index in [4.69, 9.17) is 0 Å². The van der Waals surface area contributed by atoms with Crippen molar-refractivity contribution in [3.05, 3.63) is 35.9 Å². The average molecular weight is 161 g/mol. The van der Waals surface area contributed by atoms with Crippen LogP contribution in [0.25, 0.3) is 0 Å². The van der Waals surface area contributed by atoms with Crippen molar-refractivity contribution in [3.8, 4) is 0 Å². The smallest absolute Gasteiger partial charge is 0.0133 e. The Morgan fingerprint density at radius 2 is 1.92 bits per heavy atom. The van der Waals surface area contributed by atoms with Gasteiger partial charge in [0.15, 0.2) is 0 Å². The fraction of sp³-hybridized carbons (Fsp3) is 0.455. The van der Waals surface area contributed by atoms with Crippen molar-refractivity contribution in [1.82, 2.24) is 5.32 Å². The Morgan fingerprint density at radius 1 is 1.17 bits per heavy atom. The van der Waals surface area contributed by atoms with Crippen molar-refractivity contribution in [2.24, 2.45) is 0 Å². The first-order valence-corrected chi connectivity index (χ1v) is 4.64. The van der Waals surface area contributed by atoms with Crippen LogP contribution >= 0.6 is 0 Å². The predicted octanol–water partition coefficient (Wildman–Crippen LogP) is 2.15. The molecule has 0 aromatic heterocycles. The first-order chi connectivity index (χ1) is 5.92. The van der Waals surface area contributed by atoms with E-state index in [9.17, 15) is 0 Å². The van der Waals surface area contributed by atoms with Crippen molar-refractivity contribution >= 4 is 0 Å². The van der Waals surface area contributed by atoms with Crippen LogP contribution in [0.15, 0.2) is 30.3 Å². The molecule has 64 valence electrons. The van der Waals surface area contributed by atoms with E-state index < -0.39 is 0 Å². The maximum Gasteiger partial charge on any atom is 0.0133 e. The number of hydrogen-bond acceptors (Lipinski definition) is 1. The molecule has 1 aromatic carbocycles. The molecule has 0 amide bonds. The standard InChI is InChI=1S/C11H15N/c1-12-11-8-7-10(11)9-5-3-2-4-6-9/h2-6,10-12H,7-8H2,1H3/t10-,11+/m0/s1. The second kappa shape index (κ2) is 3.28. The normalized spacial score (nSPS) is 28.1. The van der Waals surface area contributed by atoms with Gasteiger partial charge in [0.1, 0.15) is 0 Å². The molecule has 1 N–H and O–H groups in total. The Balaban J connectivity index is 2.11. The Morgan fingerprint density at radius 3 is 2.42 bits per heavy atom. The lowest BCUT2D eigenvalue weighted by atomic mass is 9.75. The van der Waals surface area contributed by atoms with Crippen LogP contribution < -0.4 is 5.32 Å². The maximum absolute atomic E-state index is 3.35. The van der Waals surface area contributed by atoms with Crippen LogP contribution in [0.4, 0.5) is 0 Å². The van der Waals surface area contributed by atoms with Crippen LogP contribution in [0.1, 0.15) is 24.3 Å². The molecule has 1 heteroatoms. The van der Waals surface area contributed by atoms with Crippen molar-refractivity contribution in [2.75, 3.05) is 7.05 Å². The molecule has 0 unspecified atom stereocenters. The maximum atomic E-state index is 3.35. The second-order valence-corrected chi connectivity index (χ2v) is 3.49. The topological polar surface area (TPSA) is 12.0 Å². The van der Waals surface area contributed by atoms with E-state index in [2.05, 4.69) is 42.7 Å². The summed E-state index contributed by atoms with van der Waals surface area (Å²) in [5.74, 6) is 0.760.